The maximum atomic E-state index is 5.42. The van der Waals surface area contributed by atoms with Crippen molar-refractivity contribution in [2.24, 2.45) is 0 Å². The first-order valence-corrected chi connectivity index (χ1v) is 7.91. The summed E-state index contributed by atoms with van der Waals surface area (Å²) in [6, 6.07) is 4.85. The molecule has 1 N–H and O–H groups in total. The van der Waals surface area contributed by atoms with Crippen LogP contribution in [0.1, 0.15) is 31.4 Å². The van der Waals surface area contributed by atoms with Gasteiger partial charge in [0.1, 0.15) is 0 Å². The molecule has 0 amide bonds. The van der Waals surface area contributed by atoms with E-state index in [1.807, 2.05) is 0 Å². The number of methoxy groups -OCH3 is 2. The first kappa shape index (κ1) is 16.1. The number of nitrogens with one attached hydrogen (secondary N) is 1. The fourth-order valence-corrected chi connectivity index (χ4v) is 3.04. The second-order valence-corrected chi connectivity index (χ2v) is 5.62. The summed E-state index contributed by atoms with van der Waals surface area (Å²) in [6.07, 6.45) is 2.25. The van der Waals surface area contributed by atoms with E-state index in [9.17, 15) is 0 Å². The highest BCUT2D eigenvalue weighted by molar-refractivity contribution is 5.48. The highest BCUT2D eigenvalue weighted by Crippen LogP contribution is 2.33. The van der Waals surface area contributed by atoms with E-state index in [0.717, 1.165) is 44.1 Å². The first-order valence-electron chi connectivity index (χ1n) is 7.91. The molecule has 1 unspecified atom stereocenters. The molecular weight excluding hydrogens is 264 g/mol. The molecule has 0 fully saturated rings. The lowest BCUT2D eigenvalue weighted by molar-refractivity contribution is 0.222. The lowest BCUT2D eigenvalue weighted by Crippen LogP contribution is -2.42. The summed E-state index contributed by atoms with van der Waals surface area (Å²) in [6.45, 7) is 8.68. The summed E-state index contributed by atoms with van der Waals surface area (Å²) in [5, 5.41) is 3.56. The third-order valence-corrected chi connectivity index (χ3v) is 4.26. The third kappa shape index (κ3) is 3.89. The van der Waals surface area contributed by atoms with Gasteiger partial charge in [-0.15, -0.1) is 0 Å². The first-order chi connectivity index (χ1) is 10.2. The maximum absolute atomic E-state index is 5.42. The zero-order chi connectivity index (χ0) is 15.2. The molecule has 0 aliphatic carbocycles. The Morgan fingerprint density at radius 1 is 1.14 bits per heavy atom. The molecule has 1 aliphatic rings. The highest BCUT2D eigenvalue weighted by atomic mass is 16.5. The van der Waals surface area contributed by atoms with Crippen LogP contribution >= 0.6 is 0 Å². The fraction of sp³-hybridized carbons (Fsp3) is 0.647. The van der Waals surface area contributed by atoms with Gasteiger partial charge in [0.15, 0.2) is 11.5 Å². The Bertz CT molecular complexity index is 462. The van der Waals surface area contributed by atoms with Gasteiger partial charge < -0.3 is 14.8 Å². The number of benzene rings is 1. The lowest BCUT2D eigenvalue weighted by atomic mass is 9.98. The molecule has 1 aliphatic heterocycles. The Hall–Kier alpha value is -1.26. The van der Waals surface area contributed by atoms with E-state index in [2.05, 4.69) is 36.2 Å². The van der Waals surface area contributed by atoms with Crippen molar-refractivity contribution in [3.05, 3.63) is 23.3 Å². The summed E-state index contributed by atoms with van der Waals surface area (Å²) < 4.78 is 10.8. The molecule has 1 heterocycles. The smallest absolute Gasteiger partial charge is 0.161 e. The molecule has 1 atom stereocenters. The van der Waals surface area contributed by atoms with Crippen LogP contribution in [0.4, 0.5) is 0 Å². The minimum atomic E-state index is 0.580. The van der Waals surface area contributed by atoms with Gasteiger partial charge in [0.2, 0.25) is 0 Å². The second kappa shape index (κ2) is 7.66. The molecule has 1 aromatic carbocycles. The molecule has 4 heteroatoms. The van der Waals surface area contributed by atoms with Gasteiger partial charge in [-0.3, -0.25) is 4.90 Å². The van der Waals surface area contributed by atoms with Crippen molar-refractivity contribution < 1.29 is 9.47 Å². The molecular formula is C17H28N2O2. The Balaban J connectivity index is 2.09. The predicted molar refractivity (Wildman–Crippen MR) is 86.3 cm³/mol. The number of fused-ring (bicyclic) bond motifs is 1. The van der Waals surface area contributed by atoms with E-state index in [1.54, 1.807) is 14.2 Å². The molecule has 118 valence electrons. The van der Waals surface area contributed by atoms with E-state index >= 15 is 0 Å². The van der Waals surface area contributed by atoms with Crippen molar-refractivity contribution in [2.45, 2.75) is 39.3 Å². The van der Waals surface area contributed by atoms with Gasteiger partial charge in [-0.05, 0) is 42.6 Å². The lowest BCUT2D eigenvalue weighted by Gasteiger charge is -2.32. The molecule has 0 radical (unpaired) electrons. The van der Waals surface area contributed by atoms with Crippen LogP contribution in [0, 0.1) is 0 Å². The minimum absolute atomic E-state index is 0.580. The van der Waals surface area contributed by atoms with Gasteiger partial charge in [-0.2, -0.15) is 0 Å². The largest absolute Gasteiger partial charge is 0.493 e. The van der Waals surface area contributed by atoms with Gasteiger partial charge in [-0.1, -0.05) is 13.8 Å². The monoisotopic (exact) mass is 292 g/mol. The van der Waals surface area contributed by atoms with Gasteiger partial charge >= 0.3 is 0 Å². The number of nitrogens with zero attached hydrogens (tertiary/aromatic N) is 1. The van der Waals surface area contributed by atoms with E-state index in [0.29, 0.717) is 6.04 Å². The van der Waals surface area contributed by atoms with Crippen molar-refractivity contribution in [1.82, 2.24) is 10.2 Å². The van der Waals surface area contributed by atoms with Crippen molar-refractivity contribution in [1.29, 1.82) is 0 Å². The Kier molecular flexibility index (Phi) is 5.88. The van der Waals surface area contributed by atoms with Crippen LogP contribution < -0.4 is 14.8 Å². The van der Waals surface area contributed by atoms with Crippen molar-refractivity contribution in [2.75, 3.05) is 33.9 Å². The van der Waals surface area contributed by atoms with E-state index in [4.69, 9.17) is 9.47 Å². The van der Waals surface area contributed by atoms with Crippen molar-refractivity contribution >= 4 is 0 Å². The highest BCUT2D eigenvalue weighted by Gasteiger charge is 2.21. The normalized spacial score (nSPS) is 16.4. The number of likely N-dealkylation sites (N-methyl/N-ethyl adjacent to an activating group) is 1. The molecule has 0 bridgehead atoms. The number of hydrogen-bond donors (Lipinski definition) is 1. The van der Waals surface area contributed by atoms with Gasteiger partial charge in [0.05, 0.1) is 14.2 Å². The number of hydrogen-bond acceptors (Lipinski definition) is 4. The third-order valence-electron chi connectivity index (χ3n) is 4.26. The summed E-state index contributed by atoms with van der Waals surface area (Å²) in [5.74, 6) is 1.67. The van der Waals surface area contributed by atoms with E-state index < -0.39 is 0 Å². The van der Waals surface area contributed by atoms with E-state index in [-0.39, 0.29) is 0 Å². The Labute approximate surface area is 128 Å². The predicted octanol–water partition coefficient (Wildman–Crippen LogP) is 2.45. The van der Waals surface area contributed by atoms with E-state index in [1.165, 1.54) is 17.5 Å². The van der Waals surface area contributed by atoms with Crippen LogP contribution in [0.3, 0.4) is 0 Å². The maximum Gasteiger partial charge on any atom is 0.161 e. The topological polar surface area (TPSA) is 33.7 Å². The number of ether oxygens (including phenoxy) is 2. The average Bonchev–Trinajstić information content (AvgIpc) is 2.52. The van der Waals surface area contributed by atoms with Gasteiger partial charge in [0.25, 0.3) is 0 Å². The van der Waals surface area contributed by atoms with Gasteiger partial charge in [0, 0.05) is 25.7 Å². The Morgan fingerprint density at radius 3 is 2.38 bits per heavy atom. The van der Waals surface area contributed by atoms with Crippen LogP contribution in [0.2, 0.25) is 0 Å². The average molecular weight is 292 g/mol. The summed E-state index contributed by atoms with van der Waals surface area (Å²) >= 11 is 0. The zero-order valence-electron chi connectivity index (χ0n) is 13.7. The summed E-state index contributed by atoms with van der Waals surface area (Å²) in [4.78, 5) is 2.53. The summed E-state index contributed by atoms with van der Waals surface area (Å²) in [7, 11) is 3.39. The molecule has 0 saturated carbocycles. The number of rotatable bonds is 7. The minimum Gasteiger partial charge on any atom is -0.493 e. The molecule has 4 nitrogen and oxygen atoms in total. The standard InChI is InChI=1S/C17H28N2O2/c1-5-15(18-6-2)12-19-8-7-13-9-16(20-3)17(21-4)10-14(13)11-19/h9-10,15,18H,5-8,11-12H2,1-4H3. The molecule has 0 saturated heterocycles. The molecule has 21 heavy (non-hydrogen) atoms. The SMILES string of the molecule is CCNC(CC)CN1CCc2cc(OC)c(OC)cc2C1. The van der Waals surface area contributed by atoms with Crippen LogP contribution in [-0.4, -0.2) is 44.8 Å². The van der Waals surface area contributed by atoms with Crippen LogP contribution in [0.5, 0.6) is 11.5 Å². The van der Waals surface area contributed by atoms with Crippen LogP contribution in [-0.2, 0) is 13.0 Å². The Morgan fingerprint density at radius 2 is 1.81 bits per heavy atom. The van der Waals surface area contributed by atoms with Crippen LogP contribution in [0.15, 0.2) is 12.1 Å². The zero-order valence-corrected chi connectivity index (χ0v) is 13.7. The molecule has 0 spiro atoms. The quantitative estimate of drug-likeness (QED) is 0.837. The van der Waals surface area contributed by atoms with Crippen molar-refractivity contribution in [3.8, 4) is 11.5 Å². The molecule has 0 aromatic heterocycles. The molecule has 1 aromatic rings. The molecule has 2 rings (SSSR count). The fourth-order valence-electron chi connectivity index (χ4n) is 3.04. The van der Waals surface area contributed by atoms with Gasteiger partial charge in [-0.25, -0.2) is 0 Å². The second-order valence-electron chi connectivity index (χ2n) is 5.62. The van der Waals surface area contributed by atoms with Crippen LogP contribution in [0.25, 0.3) is 0 Å². The summed E-state index contributed by atoms with van der Waals surface area (Å²) in [5.41, 5.74) is 2.76. The van der Waals surface area contributed by atoms with Crippen molar-refractivity contribution in [3.63, 3.8) is 0 Å².